The van der Waals surface area contributed by atoms with Crippen LogP contribution in [0.1, 0.15) is 18.9 Å². The van der Waals surface area contributed by atoms with Crippen molar-refractivity contribution in [2.75, 3.05) is 32.2 Å². The van der Waals surface area contributed by atoms with E-state index in [0.29, 0.717) is 19.6 Å². The minimum absolute atomic E-state index is 0.190. The van der Waals surface area contributed by atoms with Gasteiger partial charge in [-0.3, -0.25) is 4.79 Å². The maximum atomic E-state index is 11.1. The number of ether oxygens (including phenoxy) is 2. The van der Waals surface area contributed by atoms with Crippen molar-refractivity contribution >= 4 is 11.7 Å². The van der Waals surface area contributed by atoms with Crippen LogP contribution in [0.25, 0.3) is 0 Å². The monoisotopic (exact) mass is 251 g/mol. The molecule has 0 unspecified atom stereocenters. The van der Waals surface area contributed by atoms with E-state index < -0.39 is 0 Å². The van der Waals surface area contributed by atoms with Crippen molar-refractivity contribution in [3.8, 4) is 5.75 Å². The van der Waals surface area contributed by atoms with Crippen LogP contribution in [0.3, 0.4) is 0 Å². The number of esters is 1. The maximum absolute atomic E-state index is 11.1. The van der Waals surface area contributed by atoms with Crippen LogP contribution in [-0.2, 0) is 9.53 Å². The van der Waals surface area contributed by atoms with Crippen LogP contribution in [0, 0.1) is 6.92 Å². The van der Waals surface area contributed by atoms with Gasteiger partial charge in [0, 0.05) is 19.3 Å². The highest BCUT2D eigenvalue weighted by Gasteiger charge is 2.07. The second kappa shape index (κ2) is 6.89. The maximum Gasteiger partial charge on any atom is 0.307 e. The minimum atomic E-state index is -0.190. The molecule has 0 amide bonds. The molecule has 0 radical (unpaired) electrons. The van der Waals surface area contributed by atoms with Crippen LogP contribution in [-0.4, -0.2) is 33.3 Å². The summed E-state index contributed by atoms with van der Waals surface area (Å²) in [6.07, 6.45) is 0.388. The number of rotatable bonds is 6. The Morgan fingerprint density at radius 3 is 2.67 bits per heavy atom. The van der Waals surface area contributed by atoms with E-state index in [-0.39, 0.29) is 5.97 Å². The highest BCUT2D eigenvalue weighted by molar-refractivity contribution is 5.70. The van der Waals surface area contributed by atoms with Gasteiger partial charge in [0.1, 0.15) is 5.75 Å². The first-order valence-corrected chi connectivity index (χ1v) is 6.10. The van der Waals surface area contributed by atoms with Crippen LogP contribution in [0.5, 0.6) is 5.75 Å². The van der Waals surface area contributed by atoms with E-state index >= 15 is 0 Å². The average Bonchev–Trinajstić information content (AvgIpc) is 2.38. The zero-order valence-corrected chi connectivity index (χ0v) is 11.5. The van der Waals surface area contributed by atoms with Gasteiger partial charge in [0.15, 0.2) is 0 Å². The number of anilines is 1. The third-order valence-corrected chi connectivity index (χ3v) is 2.78. The fourth-order valence-corrected chi connectivity index (χ4v) is 1.68. The van der Waals surface area contributed by atoms with Crippen molar-refractivity contribution < 1.29 is 14.3 Å². The first-order chi connectivity index (χ1) is 8.58. The normalized spacial score (nSPS) is 10.0. The van der Waals surface area contributed by atoms with Gasteiger partial charge >= 0.3 is 5.97 Å². The lowest BCUT2D eigenvalue weighted by atomic mass is 10.2. The van der Waals surface area contributed by atoms with Crippen LogP contribution >= 0.6 is 0 Å². The Morgan fingerprint density at radius 2 is 2.11 bits per heavy atom. The fraction of sp³-hybridized carbons (Fsp3) is 0.500. The zero-order chi connectivity index (χ0) is 13.5. The number of hydrogen-bond acceptors (Lipinski definition) is 4. The fourth-order valence-electron chi connectivity index (χ4n) is 1.68. The molecule has 4 heteroatoms. The summed E-state index contributed by atoms with van der Waals surface area (Å²) in [5, 5.41) is 0. The molecule has 0 saturated carbocycles. The molecule has 0 aliphatic carbocycles. The number of nitrogens with zero attached hydrogens (tertiary/aromatic N) is 1. The molecule has 1 aromatic carbocycles. The number of aryl methyl sites for hydroxylation is 1. The molecule has 0 aromatic heterocycles. The molecule has 1 aromatic rings. The van der Waals surface area contributed by atoms with Gasteiger partial charge in [0.25, 0.3) is 0 Å². The van der Waals surface area contributed by atoms with Gasteiger partial charge < -0.3 is 14.4 Å². The number of hydrogen-bond donors (Lipinski definition) is 0. The second-order valence-electron chi connectivity index (χ2n) is 4.13. The van der Waals surface area contributed by atoms with Gasteiger partial charge in [0.05, 0.1) is 20.1 Å². The highest BCUT2D eigenvalue weighted by atomic mass is 16.5. The van der Waals surface area contributed by atoms with Gasteiger partial charge in [-0.2, -0.15) is 0 Å². The molecular weight excluding hydrogens is 230 g/mol. The number of methoxy groups -OCH3 is 1. The minimum Gasteiger partial charge on any atom is -0.494 e. The lowest BCUT2D eigenvalue weighted by molar-refractivity contribution is -0.140. The van der Waals surface area contributed by atoms with Gasteiger partial charge in [-0.15, -0.1) is 0 Å². The molecule has 0 saturated heterocycles. The topological polar surface area (TPSA) is 38.8 Å². The number of carbonyl (C=O) groups excluding carboxylic acids is 1. The Balaban J connectivity index is 2.66. The predicted molar refractivity (Wildman–Crippen MR) is 72.3 cm³/mol. The molecule has 0 spiro atoms. The van der Waals surface area contributed by atoms with Crippen LogP contribution in [0.15, 0.2) is 18.2 Å². The third-order valence-electron chi connectivity index (χ3n) is 2.78. The molecule has 18 heavy (non-hydrogen) atoms. The largest absolute Gasteiger partial charge is 0.494 e. The molecule has 0 N–H and O–H groups in total. The Bertz CT molecular complexity index is 404. The summed E-state index contributed by atoms with van der Waals surface area (Å²) in [4.78, 5) is 13.1. The highest BCUT2D eigenvalue weighted by Crippen LogP contribution is 2.23. The molecular formula is C14H21NO3. The summed E-state index contributed by atoms with van der Waals surface area (Å²) in [6, 6.07) is 6.01. The van der Waals surface area contributed by atoms with E-state index in [4.69, 9.17) is 4.74 Å². The molecule has 1 rings (SSSR count). The predicted octanol–water partition coefficient (Wildman–Crippen LogP) is 2.39. The van der Waals surface area contributed by atoms with Crippen molar-refractivity contribution in [1.82, 2.24) is 0 Å². The van der Waals surface area contributed by atoms with Crippen molar-refractivity contribution in [3.63, 3.8) is 0 Å². The Morgan fingerprint density at radius 1 is 1.39 bits per heavy atom. The van der Waals surface area contributed by atoms with Crippen molar-refractivity contribution in [1.29, 1.82) is 0 Å². The first kappa shape index (κ1) is 14.4. The molecule has 0 bridgehead atoms. The number of carbonyl (C=O) groups is 1. The standard InChI is InChI=1S/C14H21NO3/c1-5-18-13-7-6-12(10-11(13)2)15(3)9-8-14(16)17-4/h6-7,10H,5,8-9H2,1-4H3. The Labute approximate surface area is 108 Å². The smallest absolute Gasteiger partial charge is 0.307 e. The van der Waals surface area contributed by atoms with E-state index in [0.717, 1.165) is 17.0 Å². The lowest BCUT2D eigenvalue weighted by Gasteiger charge is -2.20. The van der Waals surface area contributed by atoms with Crippen molar-refractivity contribution in [2.24, 2.45) is 0 Å². The summed E-state index contributed by atoms with van der Waals surface area (Å²) >= 11 is 0. The first-order valence-electron chi connectivity index (χ1n) is 6.10. The van der Waals surface area contributed by atoms with Gasteiger partial charge in [-0.25, -0.2) is 0 Å². The van der Waals surface area contributed by atoms with E-state index in [1.165, 1.54) is 7.11 Å². The van der Waals surface area contributed by atoms with Crippen LogP contribution in [0.4, 0.5) is 5.69 Å². The summed E-state index contributed by atoms with van der Waals surface area (Å²) < 4.78 is 10.1. The van der Waals surface area contributed by atoms with E-state index in [1.54, 1.807) is 0 Å². The number of benzene rings is 1. The summed E-state index contributed by atoms with van der Waals surface area (Å²) in [7, 11) is 3.36. The SMILES string of the molecule is CCOc1ccc(N(C)CCC(=O)OC)cc1C. The van der Waals surface area contributed by atoms with Crippen molar-refractivity contribution in [2.45, 2.75) is 20.3 Å². The van der Waals surface area contributed by atoms with Gasteiger partial charge in [0.2, 0.25) is 0 Å². The molecule has 0 heterocycles. The van der Waals surface area contributed by atoms with Crippen LogP contribution in [0.2, 0.25) is 0 Å². The summed E-state index contributed by atoms with van der Waals surface area (Å²) in [5.74, 6) is 0.715. The Kier molecular flexibility index (Phi) is 5.49. The second-order valence-corrected chi connectivity index (χ2v) is 4.13. The molecule has 0 atom stereocenters. The zero-order valence-electron chi connectivity index (χ0n) is 11.5. The molecule has 100 valence electrons. The van der Waals surface area contributed by atoms with Gasteiger partial charge in [-0.05, 0) is 37.6 Å². The van der Waals surface area contributed by atoms with E-state index in [2.05, 4.69) is 10.8 Å². The molecule has 0 aliphatic rings. The van der Waals surface area contributed by atoms with Gasteiger partial charge in [-0.1, -0.05) is 0 Å². The van der Waals surface area contributed by atoms with Crippen molar-refractivity contribution in [3.05, 3.63) is 23.8 Å². The molecule has 0 fully saturated rings. The Hall–Kier alpha value is -1.71. The van der Waals surface area contributed by atoms with E-state index in [1.807, 2.05) is 37.9 Å². The molecule has 0 aliphatic heterocycles. The van der Waals surface area contributed by atoms with E-state index in [9.17, 15) is 4.79 Å². The third kappa shape index (κ3) is 3.95. The summed E-state index contributed by atoms with van der Waals surface area (Å²) in [6.45, 7) is 5.29. The average molecular weight is 251 g/mol. The summed E-state index contributed by atoms with van der Waals surface area (Å²) in [5.41, 5.74) is 2.17. The van der Waals surface area contributed by atoms with Crippen LogP contribution < -0.4 is 9.64 Å². The quantitative estimate of drug-likeness (QED) is 0.728. The lowest BCUT2D eigenvalue weighted by Crippen LogP contribution is -2.21. The molecule has 4 nitrogen and oxygen atoms in total.